The molecule has 1 saturated heterocycles. The molecule has 0 saturated carbocycles. The quantitative estimate of drug-likeness (QED) is 0.444. The van der Waals surface area contributed by atoms with Crippen LogP contribution in [0, 0.1) is 6.92 Å². The van der Waals surface area contributed by atoms with Crippen LogP contribution in [0.3, 0.4) is 0 Å². The Hall–Kier alpha value is -3.63. The smallest absolute Gasteiger partial charge is 0.333 e. The van der Waals surface area contributed by atoms with E-state index in [0.717, 1.165) is 12.1 Å². The Morgan fingerprint density at radius 3 is 2.59 bits per heavy atom. The van der Waals surface area contributed by atoms with Gasteiger partial charge in [-0.25, -0.2) is 24.0 Å². The maximum atomic E-state index is 14.7. The first-order valence-corrected chi connectivity index (χ1v) is 9.62. The van der Waals surface area contributed by atoms with Crippen LogP contribution in [0.2, 0.25) is 0 Å². The predicted molar refractivity (Wildman–Crippen MR) is 107 cm³/mol. The van der Waals surface area contributed by atoms with Crippen molar-refractivity contribution in [2.75, 3.05) is 13.1 Å². The van der Waals surface area contributed by atoms with Crippen LogP contribution in [0.1, 0.15) is 16.7 Å². The van der Waals surface area contributed by atoms with Gasteiger partial charge in [-0.1, -0.05) is 0 Å². The summed E-state index contributed by atoms with van der Waals surface area (Å²) in [6.07, 6.45) is 3.87. The number of carbonyl (C=O) groups is 1. The average molecular weight is 446 g/mol. The van der Waals surface area contributed by atoms with Gasteiger partial charge in [-0.15, -0.1) is 5.10 Å². The zero-order chi connectivity index (χ0) is 22.9. The molecule has 166 valence electrons. The van der Waals surface area contributed by atoms with E-state index in [1.54, 1.807) is 13.0 Å². The van der Waals surface area contributed by atoms with Gasteiger partial charge < -0.3 is 4.90 Å². The lowest BCUT2D eigenvalue weighted by atomic mass is 9.89. The number of carbonyl (C=O) groups excluding carboxylic acids is 1. The summed E-state index contributed by atoms with van der Waals surface area (Å²) in [4.78, 5) is 25.3. The van der Waals surface area contributed by atoms with E-state index in [0.29, 0.717) is 11.1 Å². The third-order valence-corrected chi connectivity index (χ3v) is 4.94. The number of halogens is 4. The summed E-state index contributed by atoms with van der Waals surface area (Å²) in [6, 6.07) is 3.56. The van der Waals surface area contributed by atoms with E-state index in [2.05, 4.69) is 20.1 Å². The van der Waals surface area contributed by atoms with Gasteiger partial charge in [0.15, 0.2) is 5.82 Å². The summed E-state index contributed by atoms with van der Waals surface area (Å²) in [5.41, 5.74) is -1.03. The number of nitrogens with zero attached hydrogens (tertiary/aromatic N) is 6. The van der Waals surface area contributed by atoms with Crippen molar-refractivity contribution in [3.05, 3.63) is 66.0 Å². The van der Waals surface area contributed by atoms with Crippen LogP contribution >= 0.6 is 0 Å². The number of aromatic nitrogens is 5. The molecule has 7 nitrogen and oxygen atoms in total. The molecule has 0 radical (unpaired) electrons. The molecular formula is C21H18F4N6O. The number of hydrogen-bond donors (Lipinski definition) is 0. The number of rotatable bonds is 5. The molecule has 2 aromatic heterocycles. The van der Waals surface area contributed by atoms with Gasteiger partial charge in [-0.05, 0) is 36.2 Å². The van der Waals surface area contributed by atoms with Crippen LogP contribution in [0.5, 0.6) is 0 Å². The molecule has 0 N–H and O–H groups in total. The number of benzene rings is 1. The predicted octanol–water partition coefficient (Wildman–Crippen LogP) is 3.33. The van der Waals surface area contributed by atoms with Gasteiger partial charge in [-0.2, -0.15) is 13.2 Å². The summed E-state index contributed by atoms with van der Waals surface area (Å²) in [5.74, 6) is -0.317. The average Bonchev–Trinajstić information content (AvgIpc) is 3.19. The van der Waals surface area contributed by atoms with Crippen LogP contribution in [-0.2, 0) is 17.4 Å². The molecule has 1 aromatic carbocycles. The molecule has 1 aliphatic rings. The van der Waals surface area contributed by atoms with Gasteiger partial charge in [-0.3, -0.25) is 4.79 Å². The standard InChI is InChI=1S/C21H18F4N6O/c1-14-4-16(6-17(5-14)21(23,24)25)19-28-13-31(29-19)3-2-18(32)30-10-20(22,11-30)7-15-8-26-12-27-9-15/h2-6,8-9,12-13H,7,10-11H2,1H3/b3-2-. The minimum absolute atomic E-state index is 0.0583. The largest absolute Gasteiger partial charge is 0.416 e. The van der Waals surface area contributed by atoms with Crippen molar-refractivity contribution in [3.8, 4) is 11.4 Å². The molecule has 0 bridgehead atoms. The Kier molecular flexibility index (Phi) is 5.49. The zero-order valence-electron chi connectivity index (χ0n) is 16.9. The Morgan fingerprint density at radius 1 is 1.19 bits per heavy atom. The van der Waals surface area contributed by atoms with Gasteiger partial charge in [0.25, 0.3) is 0 Å². The van der Waals surface area contributed by atoms with Gasteiger partial charge in [0, 0.05) is 36.7 Å². The van der Waals surface area contributed by atoms with Crippen molar-refractivity contribution in [1.82, 2.24) is 29.6 Å². The number of alkyl halides is 4. The molecule has 3 heterocycles. The molecular weight excluding hydrogens is 428 g/mol. The lowest BCUT2D eigenvalue weighted by molar-refractivity contribution is -0.139. The zero-order valence-corrected chi connectivity index (χ0v) is 16.9. The normalized spacial score (nSPS) is 15.7. The monoisotopic (exact) mass is 446 g/mol. The first-order chi connectivity index (χ1) is 15.1. The molecule has 3 aromatic rings. The molecule has 11 heteroatoms. The Labute approximate surface area is 180 Å². The van der Waals surface area contributed by atoms with Gasteiger partial charge in [0.1, 0.15) is 18.3 Å². The molecule has 1 fully saturated rings. The number of amides is 1. The number of likely N-dealkylation sites (tertiary alicyclic amines) is 1. The van der Waals surface area contributed by atoms with Gasteiger partial charge >= 0.3 is 6.18 Å². The van der Waals surface area contributed by atoms with E-state index in [1.165, 1.54) is 46.9 Å². The molecule has 0 unspecified atom stereocenters. The fourth-order valence-electron chi connectivity index (χ4n) is 3.49. The minimum atomic E-state index is -4.48. The third-order valence-electron chi connectivity index (χ3n) is 4.94. The van der Waals surface area contributed by atoms with Crippen molar-refractivity contribution in [1.29, 1.82) is 0 Å². The second-order valence-corrected chi connectivity index (χ2v) is 7.72. The highest BCUT2D eigenvalue weighted by Gasteiger charge is 2.45. The summed E-state index contributed by atoms with van der Waals surface area (Å²) in [6.45, 7) is 1.44. The highest BCUT2D eigenvalue weighted by Crippen LogP contribution is 2.32. The summed E-state index contributed by atoms with van der Waals surface area (Å²) < 4.78 is 55.1. The van der Waals surface area contributed by atoms with Gasteiger partial charge in [0.05, 0.1) is 18.7 Å². The van der Waals surface area contributed by atoms with E-state index < -0.39 is 23.3 Å². The maximum absolute atomic E-state index is 14.7. The molecule has 1 aliphatic heterocycles. The maximum Gasteiger partial charge on any atom is 0.416 e. The summed E-state index contributed by atoms with van der Waals surface area (Å²) >= 11 is 0. The van der Waals surface area contributed by atoms with E-state index in [4.69, 9.17) is 0 Å². The second-order valence-electron chi connectivity index (χ2n) is 7.72. The van der Waals surface area contributed by atoms with Crippen molar-refractivity contribution >= 4 is 12.1 Å². The Morgan fingerprint density at radius 2 is 1.91 bits per heavy atom. The van der Waals surface area contributed by atoms with E-state index in [1.807, 2.05) is 0 Å². The van der Waals surface area contributed by atoms with Crippen molar-refractivity contribution < 1.29 is 22.4 Å². The van der Waals surface area contributed by atoms with E-state index in [-0.39, 0.29) is 30.9 Å². The Bertz CT molecular complexity index is 1150. The molecule has 32 heavy (non-hydrogen) atoms. The van der Waals surface area contributed by atoms with Crippen LogP contribution < -0.4 is 0 Å². The van der Waals surface area contributed by atoms with Crippen LogP contribution in [0.4, 0.5) is 17.6 Å². The first-order valence-electron chi connectivity index (χ1n) is 9.62. The third kappa shape index (κ3) is 4.82. The lowest BCUT2D eigenvalue weighted by Gasteiger charge is -2.44. The van der Waals surface area contributed by atoms with Crippen LogP contribution in [0.25, 0.3) is 17.6 Å². The highest BCUT2D eigenvalue weighted by atomic mass is 19.4. The van der Waals surface area contributed by atoms with Crippen molar-refractivity contribution in [2.24, 2.45) is 0 Å². The molecule has 4 rings (SSSR count). The highest BCUT2D eigenvalue weighted by molar-refractivity contribution is 5.91. The Balaban J connectivity index is 1.39. The van der Waals surface area contributed by atoms with Crippen LogP contribution in [0.15, 0.2) is 49.3 Å². The first kappa shape index (κ1) is 21.6. The topological polar surface area (TPSA) is 76.8 Å². The lowest BCUT2D eigenvalue weighted by Crippen LogP contribution is -2.61. The molecule has 0 atom stereocenters. The second kappa shape index (κ2) is 8.13. The van der Waals surface area contributed by atoms with Crippen molar-refractivity contribution in [3.63, 3.8) is 0 Å². The minimum Gasteiger partial charge on any atom is -0.333 e. The fourth-order valence-corrected chi connectivity index (χ4v) is 3.49. The van der Waals surface area contributed by atoms with Crippen LogP contribution in [-0.4, -0.2) is 54.3 Å². The van der Waals surface area contributed by atoms with Gasteiger partial charge in [0.2, 0.25) is 5.91 Å². The van der Waals surface area contributed by atoms with E-state index >= 15 is 0 Å². The molecule has 1 amide bonds. The SMILES string of the molecule is Cc1cc(-c2ncn(/C=C\C(=O)N3CC(F)(Cc4cncnc4)C3)n2)cc(C(F)(F)F)c1. The summed E-state index contributed by atoms with van der Waals surface area (Å²) in [5, 5.41) is 4.10. The fraction of sp³-hybridized carbons (Fsp3) is 0.286. The number of hydrogen-bond acceptors (Lipinski definition) is 5. The molecule has 0 aliphatic carbocycles. The summed E-state index contributed by atoms with van der Waals surface area (Å²) in [7, 11) is 0. The van der Waals surface area contributed by atoms with E-state index in [9.17, 15) is 22.4 Å². The van der Waals surface area contributed by atoms with Crippen molar-refractivity contribution in [2.45, 2.75) is 25.2 Å². The number of aryl methyl sites for hydroxylation is 1. The molecule has 0 spiro atoms.